The summed E-state index contributed by atoms with van der Waals surface area (Å²) in [5.74, 6) is -0.846. The van der Waals surface area contributed by atoms with E-state index in [1.807, 2.05) is 0 Å². The quantitative estimate of drug-likeness (QED) is 0.623. The number of carbonyl (C=O) groups is 2. The Balaban J connectivity index is 2.39. The molecule has 0 unspecified atom stereocenters. The SMILES string of the molecule is CCCCCn1nc(C(=O)NNC(=O)CC)c2ccccc2c1=O. The molecule has 0 saturated carbocycles. The number of hydrazine groups is 1. The molecule has 2 rings (SSSR count). The lowest BCUT2D eigenvalue weighted by molar-refractivity contribution is -0.121. The van der Waals surface area contributed by atoms with Gasteiger partial charge in [-0.05, 0) is 12.5 Å². The van der Waals surface area contributed by atoms with E-state index in [1.54, 1.807) is 31.2 Å². The van der Waals surface area contributed by atoms with Gasteiger partial charge in [0, 0.05) is 18.4 Å². The van der Waals surface area contributed by atoms with E-state index in [1.165, 1.54) is 4.68 Å². The summed E-state index contributed by atoms with van der Waals surface area (Å²) >= 11 is 0. The molecule has 0 atom stereocenters. The van der Waals surface area contributed by atoms with Crippen molar-refractivity contribution < 1.29 is 9.59 Å². The minimum absolute atomic E-state index is 0.123. The second kappa shape index (κ2) is 8.24. The van der Waals surface area contributed by atoms with Gasteiger partial charge in [-0.2, -0.15) is 5.10 Å². The van der Waals surface area contributed by atoms with Gasteiger partial charge in [-0.15, -0.1) is 0 Å². The molecule has 0 bridgehead atoms. The summed E-state index contributed by atoms with van der Waals surface area (Å²) in [7, 11) is 0. The number of amides is 2. The van der Waals surface area contributed by atoms with Gasteiger partial charge in [0.15, 0.2) is 5.69 Å². The van der Waals surface area contributed by atoms with Crippen LogP contribution in [0, 0.1) is 0 Å². The Kier molecular flexibility index (Phi) is 6.06. The average Bonchev–Trinajstić information content (AvgIpc) is 2.61. The van der Waals surface area contributed by atoms with Crippen molar-refractivity contribution in [3.05, 3.63) is 40.3 Å². The summed E-state index contributed by atoms with van der Waals surface area (Å²) in [4.78, 5) is 36.2. The maximum atomic E-state index is 12.5. The Hall–Kier alpha value is -2.70. The van der Waals surface area contributed by atoms with Crippen molar-refractivity contribution in [2.75, 3.05) is 0 Å². The summed E-state index contributed by atoms with van der Waals surface area (Å²) in [6.45, 7) is 4.22. The average molecular weight is 330 g/mol. The molecule has 7 nitrogen and oxygen atoms in total. The molecule has 2 aromatic rings. The Morgan fingerprint density at radius 3 is 2.46 bits per heavy atom. The topological polar surface area (TPSA) is 93.1 Å². The van der Waals surface area contributed by atoms with Gasteiger partial charge >= 0.3 is 0 Å². The number of rotatable bonds is 6. The van der Waals surface area contributed by atoms with Crippen LogP contribution in [0.5, 0.6) is 0 Å². The number of fused-ring (bicyclic) bond motifs is 1. The van der Waals surface area contributed by atoms with E-state index in [4.69, 9.17) is 0 Å². The number of aryl methyl sites for hydroxylation is 1. The van der Waals surface area contributed by atoms with Gasteiger partial charge < -0.3 is 0 Å². The molecule has 1 heterocycles. The first-order valence-electron chi connectivity index (χ1n) is 8.17. The highest BCUT2D eigenvalue weighted by Gasteiger charge is 2.16. The lowest BCUT2D eigenvalue weighted by atomic mass is 10.1. The summed E-state index contributed by atoms with van der Waals surface area (Å²) < 4.78 is 1.33. The molecule has 0 saturated heterocycles. The third-order valence-corrected chi connectivity index (χ3v) is 3.69. The Bertz CT molecular complexity index is 798. The van der Waals surface area contributed by atoms with Crippen LogP contribution >= 0.6 is 0 Å². The second-order valence-corrected chi connectivity index (χ2v) is 5.49. The largest absolute Gasteiger partial charge is 0.290 e. The number of hydrogen-bond donors (Lipinski definition) is 2. The fourth-order valence-corrected chi connectivity index (χ4v) is 2.34. The van der Waals surface area contributed by atoms with Gasteiger partial charge in [0.25, 0.3) is 11.5 Å². The first-order chi connectivity index (χ1) is 11.6. The third kappa shape index (κ3) is 3.98. The van der Waals surface area contributed by atoms with Crippen LogP contribution in [0.1, 0.15) is 50.0 Å². The summed E-state index contributed by atoms with van der Waals surface area (Å²) in [6, 6.07) is 6.85. The molecule has 1 aromatic heterocycles. The van der Waals surface area contributed by atoms with E-state index in [0.29, 0.717) is 17.3 Å². The van der Waals surface area contributed by atoms with Crippen LogP contribution in [-0.2, 0) is 11.3 Å². The maximum absolute atomic E-state index is 12.5. The fraction of sp³-hybridized carbons (Fsp3) is 0.412. The third-order valence-electron chi connectivity index (χ3n) is 3.69. The highest BCUT2D eigenvalue weighted by molar-refractivity contribution is 6.05. The fourth-order valence-electron chi connectivity index (χ4n) is 2.34. The first kappa shape index (κ1) is 17.7. The number of carbonyl (C=O) groups excluding carboxylic acids is 2. The predicted octanol–water partition coefficient (Wildman–Crippen LogP) is 1.76. The summed E-state index contributed by atoms with van der Waals surface area (Å²) in [5.41, 5.74) is 4.57. The van der Waals surface area contributed by atoms with E-state index in [-0.39, 0.29) is 23.6 Å². The van der Waals surface area contributed by atoms with Crippen LogP contribution in [0.15, 0.2) is 29.1 Å². The van der Waals surface area contributed by atoms with Gasteiger partial charge in [0.05, 0.1) is 5.39 Å². The minimum Gasteiger partial charge on any atom is -0.273 e. The highest BCUT2D eigenvalue weighted by Crippen LogP contribution is 2.13. The van der Waals surface area contributed by atoms with Crippen molar-refractivity contribution in [2.24, 2.45) is 0 Å². The molecule has 128 valence electrons. The van der Waals surface area contributed by atoms with Gasteiger partial charge in [-0.3, -0.25) is 25.2 Å². The van der Waals surface area contributed by atoms with E-state index in [9.17, 15) is 14.4 Å². The molecule has 0 radical (unpaired) electrons. The van der Waals surface area contributed by atoms with E-state index in [0.717, 1.165) is 19.3 Å². The zero-order valence-corrected chi connectivity index (χ0v) is 14.0. The van der Waals surface area contributed by atoms with E-state index >= 15 is 0 Å². The molecule has 7 heteroatoms. The first-order valence-corrected chi connectivity index (χ1v) is 8.17. The standard InChI is InChI=1S/C17H22N4O3/c1-3-5-8-11-21-17(24)13-10-7-6-9-12(13)15(20-21)16(23)19-18-14(22)4-2/h6-7,9-10H,3-5,8,11H2,1-2H3,(H,18,22)(H,19,23). The summed E-state index contributed by atoms with van der Waals surface area (Å²) in [6.07, 6.45) is 3.08. The van der Waals surface area contributed by atoms with Gasteiger partial charge in [0.1, 0.15) is 0 Å². The van der Waals surface area contributed by atoms with Crippen LogP contribution in [0.3, 0.4) is 0 Å². The van der Waals surface area contributed by atoms with E-state index < -0.39 is 5.91 Å². The molecule has 0 aliphatic heterocycles. The molecule has 2 N–H and O–H groups in total. The van der Waals surface area contributed by atoms with Crippen molar-refractivity contribution in [1.82, 2.24) is 20.6 Å². The second-order valence-electron chi connectivity index (χ2n) is 5.49. The number of nitrogens with zero attached hydrogens (tertiary/aromatic N) is 2. The van der Waals surface area contributed by atoms with E-state index in [2.05, 4.69) is 22.9 Å². The normalized spacial score (nSPS) is 10.6. The monoisotopic (exact) mass is 330 g/mol. The number of nitrogens with one attached hydrogen (secondary N) is 2. The molecule has 0 spiro atoms. The summed E-state index contributed by atoms with van der Waals surface area (Å²) in [5, 5.41) is 5.13. The zero-order valence-electron chi connectivity index (χ0n) is 14.0. The molecule has 0 aliphatic carbocycles. The molecule has 2 amide bonds. The highest BCUT2D eigenvalue weighted by atomic mass is 16.2. The Morgan fingerprint density at radius 2 is 1.79 bits per heavy atom. The number of hydrogen-bond acceptors (Lipinski definition) is 4. The molecular weight excluding hydrogens is 308 g/mol. The lowest BCUT2D eigenvalue weighted by Crippen LogP contribution is -2.42. The van der Waals surface area contributed by atoms with Crippen LogP contribution in [0.25, 0.3) is 10.8 Å². The smallest absolute Gasteiger partial charge is 0.273 e. The number of benzene rings is 1. The number of aromatic nitrogens is 2. The van der Waals surface area contributed by atoms with Crippen molar-refractivity contribution in [3.8, 4) is 0 Å². The minimum atomic E-state index is -0.544. The molecule has 24 heavy (non-hydrogen) atoms. The van der Waals surface area contributed by atoms with Gasteiger partial charge in [-0.25, -0.2) is 4.68 Å². The van der Waals surface area contributed by atoms with Crippen molar-refractivity contribution in [3.63, 3.8) is 0 Å². The number of unbranched alkanes of at least 4 members (excludes halogenated alkanes) is 2. The maximum Gasteiger partial charge on any atom is 0.290 e. The lowest BCUT2D eigenvalue weighted by Gasteiger charge is -2.11. The Morgan fingerprint density at radius 1 is 1.08 bits per heavy atom. The van der Waals surface area contributed by atoms with Gasteiger partial charge in [-0.1, -0.05) is 44.9 Å². The van der Waals surface area contributed by atoms with Crippen molar-refractivity contribution in [1.29, 1.82) is 0 Å². The van der Waals surface area contributed by atoms with Crippen LogP contribution in [0.4, 0.5) is 0 Å². The zero-order chi connectivity index (χ0) is 17.5. The van der Waals surface area contributed by atoms with Crippen LogP contribution in [0.2, 0.25) is 0 Å². The Labute approximate surface area is 140 Å². The van der Waals surface area contributed by atoms with Crippen molar-refractivity contribution in [2.45, 2.75) is 46.1 Å². The predicted molar refractivity (Wildman–Crippen MR) is 91.4 cm³/mol. The van der Waals surface area contributed by atoms with Crippen LogP contribution < -0.4 is 16.4 Å². The molecule has 0 fully saturated rings. The van der Waals surface area contributed by atoms with Gasteiger partial charge in [0.2, 0.25) is 5.91 Å². The van der Waals surface area contributed by atoms with Crippen molar-refractivity contribution >= 4 is 22.6 Å². The molecule has 0 aliphatic rings. The molecular formula is C17H22N4O3. The van der Waals surface area contributed by atoms with Crippen LogP contribution in [-0.4, -0.2) is 21.6 Å². The molecule has 1 aromatic carbocycles.